The minimum absolute atomic E-state index is 0.0658. The molecule has 0 aliphatic rings. The average molecular weight is 268 g/mol. The summed E-state index contributed by atoms with van der Waals surface area (Å²) in [5.74, 6) is 0.389. The van der Waals surface area contributed by atoms with Gasteiger partial charge in [0, 0.05) is 19.7 Å². The molecule has 19 heavy (non-hydrogen) atoms. The Balaban J connectivity index is 3.27. The Morgan fingerprint density at radius 3 is 2.21 bits per heavy atom. The molecule has 0 aliphatic carbocycles. The van der Waals surface area contributed by atoms with Crippen molar-refractivity contribution < 1.29 is 19.2 Å². The van der Waals surface area contributed by atoms with E-state index in [4.69, 9.17) is 9.47 Å². The summed E-state index contributed by atoms with van der Waals surface area (Å²) in [6.07, 6.45) is -0.0658. The number of hydrogen-bond donors (Lipinski definition) is 0. The normalized spacial score (nSPS) is 9.89. The van der Waals surface area contributed by atoms with Crippen LogP contribution in [0.25, 0.3) is 0 Å². The van der Waals surface area contributed by atoms with Crippen LogP contribution >= 0.6 is 0 Å². The molecule has 0 radical (unpaired) electrons. The summed E-state index contributed by atoms with van der Waals surface area (Å²) in [6.45, 7) is 0. The van der Waals surface area contributed by atoms with Crippen LogP contribution in [-0.4, -0.2) is 44.0 Å². The van der Waals surface area contributed by atoms with E-state index in [1.165, 1.54) is 31.3 Å². The zero-order valence-electron chi connectivity index (χ0n) is 11.3. The zero-order chi connectivity index (χ0) is 14.6. The van der Waals surface area contributed by atoms with Crippen molar-refractivity contribution in [1.29, 1.82) is 0 Å². The Kier molecular flexibility index (Phi) is 4.68. The molecule has 0 saturated carbocycles. The first-order valence-electron chi connectivity index (χ1n) is 5.50. The van der Waals surface area contributed by atoms with E-state index in [2.05, 4.69) is 0 Å². The van der Waals surface area contributed by atoms with Gasteiger partial charge >= 0.3 is 0 Å². The summed E-state index contributed by atoms with van der Waals surface area (Å²) in [4.78, 5) is 23.5. The van der Waals surface area contributed by atoms with Crippen LogP contribution in [0.4, 0.5) is 5.69 Å². The molecule has 0 aromatic heterocycles. The van der Waals surface area contributed by atoms with Gasteiger partial charge < -0.3 is 14.4 Å². The monoisotopic (exact) mass is 268 g/mol. The first-order valence-corrected chi connectivity index (χ1v) is 5.50. The van der Waals surface area contributed by atoms with E-state index in [0.29, 0.717) is 11.3 Å². The Labute approximate surface area is 110 Å². The summed E-state index contributed by atoms with van der Waals surface area (Å²) in [5.41, 5.74) is 0.134. The van der Waals surface area contributed by atoms with Gasteiger partial charge in [-0.05, 0) is 6.07 Å². The lowest BCUT2D eigenvalue weighted by Gasteiger charge is -2.13. The number of carbonyl (C=O) groups is 1. The summed E-state index contributed by atoms with van der Waals surface area (Å²) in [5, 5.41) is 11.0. The van der Waals surface area contributed by atoms with Crippen molar-refractivity contribution in [2.24, 2.45) is 0 Å². The largest absolute Gasteiger partial charge is 0.493 e. The molecule has 0 saturated heterocycles. The number of ether oxygens (including phenoxy) is 2. The van der Waals surface area contributed by atoms with E-state index in [1.807, 2.05) is 0 Å². The third-order valence-corrected chi connectivity index (χ3v) is 2.62. The number of nitro benzene ring substituents is 1. The highest BCUT2D eigenvalue weighted by atomic mass is 16.6. The highest BCUT2D eigenvalue weighted by Crippen LogP contribution is 2.34. The lowest BCUT2D eigenvalue weighted by molar-refractivity contribution is -0.385. The maximum Gasteiger partial charge on any atom is 0.277 e. The summed E-state index contributed by atoms with van der Waals surface area (Å²) >= 11 is 0. The predicted molar refractivity (Wildman–Crippen MR) is 68.6 cm³/mol. The van der Waals surface area contributed by atoms with Gasteiger partial charge in [0.05, 0.1) is 31.6 Å². The third-order valence-electron chi connectivity index (χ3n) is 2.62. The summed E-state index contributed by atoms with van der Waals surface area (Å²) in [6, 6.07) is 2.72. The second-order valence-corrected chi connectivity index (χ2v) is 4.06. The SMILES string of the molecule is COc1cc(CC(=O)N(C)C)c([N+](=O)[O-])cc1OC. The van der Waals surface area contributed by atoms with Crippen molar-refractivity contribution in [3.05, 3.63) is 27.8 Å². The van der Waals surface area contributed by atoms with Gasteiger partial charge in [-0.2, -0.15) is 0 Å². The van der Waals surface area contributed by atoms with Crippen LogP contribution in [0.5, 0.6) is 11.5 Å². The highest BCUT2D eigenvalue weighted by Gasteiger charge is 2.21. The molecular formula is C12H16N2O5. The van der Waals surface area contributed by atoms with E-state index < -0.39 is 4.92 Å². The molecule has 0 atom stereocenters. The number of nitrogens with zero attached hydrogens (tertiary/aromatic N) is 2. The standard InChI is InChI=1S/C12H16N2O5/c1-13(2)12(15)6-8-5-10(18-3)11(19-4)7-9(8)14(16)17/h5,7H,6H2,1-4H3. The van der Waals surface area contributed by atoms with Crippen LogP contribution in [0.1, 0.15) is 5.56 Å². The Morgan fingerprint density at radius 1 is 1.26 bits per heavy atom. The molecule has 0 heterocycles. The fourth-order valence-electron chi connectivity index (χ4n) is 1.54. The molecule has 0 bridgehead atoms. The smallest absolute Gasteiger partial charge is 0.277 e. The molecule has 7 heteroatoms. The van der Waals surface area contributed by atoms with Crippen molar-refractivity contribution in [2.45, 2.75) is 6.42 Å². The van der Waals surface area contributed by atoms with Crippen molar-refractivity contribution in [2.75, 3.05) is 28.3 Å². The molecule has 0 unspecified atom stereocenters. The quantitative estimate of drug-likeness (QED) is 0.592. The topological polar surface area (TPSA) is 81.9 Å². The van der Waals surface area contributed by atoms with Crippen molar-refractivity contribution in [3.8, 4) is 11.5 Å². The van der Waals surface area contributed by atoms with E-state index in [0.717, 1.165) is 0 Å². The minimum Gasteiger partial charge on any atom is -0.493 e. The Bertz CT molecular complexity index is 499. The van der Waals surface area contributed by atoms with Gasteiger partial charge in [0.15, 0.2) is 11.5 Å². The molecule has 0 spiro atoms. The molecule has 1 aromatic rings. The summed E-state index contributed by atoms with van der Waals surface area (Å²) < 4.78 is 10.1. The number of amides is 1. The molecule has 104 valence electrons. The maximum absolute atomic E-state index is 11.7. The zero-order valence-corrected chi connectivity index (χ0v) is 11.3. The van der Waals surface area contributed by atoms with Crippen LogP contribution in [-0.2, 0) is 11.2 Å². The Morgan fingerprint density at radius 2 is 1.79 bits per heavy atom. The minimum atomic E-state index is -0.541. The number of carbonyl (C=O) groups excluding carboxylic acids is 1. The van der Waals surface area contributed by atoms with Crippen LogP contribution < -0.4 is 9.47 Å². The second-order valence-electron chi connectivity index (χ2n) is 4.06. The average Bonchev–Trinajstić information content (AvgIpc) is 2.37. The third kappa shape index (κ3) is 3.34. The van der Waals surface area contributed by atoms with Crippen molar-refractivity contribution >= 4 is 11.6 Å². The molecule has 0 N–H and O–H groups in total. The number of hydrogen-bond acceptors (Lipinski definition) is 5. The van der Waals surface area contributed by atoms with E-state index in [9.17, 15) is 14.9 Å². The molecule has 0 aliphatic heterocycles. The number of benzene rings is 1. The van der Waals surface area contributed by atoms with E-state index in [-0.39, 0.29) is 23.8 Å². The Hall–Kier alpha value is -2.31. The van der Waals surface area contributed by atoms with Gasteiger partial charge in [-0.15, -0.1) is 0 Å². The number of likely N-dealkylation sites (N-methyl/N-ethyl adjacent to an activating group) is 1. The molecule has 1 aromatic carbocycles. The first kappa shape index (κ1) is 14.7. The van der Waals surface area contributed by atoms with Crippen LogP contribution in [0.15, 0.2) is 12.1 Å². The molecule has 1 amide bonds. The van der Waals surface area contributed by atoms with Gasteiger partial charge in [0.25, 0.3) is 5.69 Å². The lowest BCUT2D eigenvalue weighted by Crippen LogP contribution is -2.23. The number of rotatable bonds is 5. The fourth-order valence-corrected chi connectivity index (χ4v) is 1.54. The van der Waals surface area contributed by atoms with E-state index in [1.54, 1.807) is 14.1 Å². The van der Waals surface area contributed by atoms with Gasteiger partial charge in [-0.25, -0.2) is 0 Å². The first-order chi connectivity index (χ1) is 8.90. The predicted octanol–water partition coefficient (Wildman–Crippen LogP) is 1.24. The van der Waals surface area contributed by atoms with E-state index >= 15 is 0 Å². The molecule has 1 rings (SSSR count). The van der Waals surface area contributed by atoms with Gasteiger partial charge in [-0.1, -0.05) is 0 Å². The van der Waals surface area contributed by atoms with Gasteiger partial charge in [-0.3, -0.25) is 14.9 Å². The highest BCUT2D eigenvalue weighted by molar-refractivity contribution is 5.80. The van der Waals surface area contributed by atoms with Gasteiger partial charge in [0.1, 0.15) is 0 Å². The number of nitro groups is 1. The van der Waals surface area contributed by atoms with Crippen LogP contribution in [0.2, 0.25) is 0 Å². The fraction of sp³-hybridized carbons (Fsp3) is 0.417. The maximum atomic E-state index is 11.7. The molecule has 0 fully saturated rings. The molecule has 7 nitrogen and oxygen atoms in total. The van der Waals surface area contributed by atoms with Crippen LogP contribution in [0, 0.1) is 10.1 Å². The van der Waals surface area contributed by atoms with Crippen molar-refractivity contribution in [1.82, 2.24) is 4.90 Å². The second kappa shape index (κ2) is 6.03. The molecular weight excluding hydrogens is 252 g/mol. The summed E-state index contributed by atoms with van der Waals surface area (Å²) in [7, 11) is 6.01. The van der Waals surface area contributed by atoms with Crippen LogP contribution in [0.3, 0.4) is 0 Å². The van der Waals surface area contributed by atoms with Crippen molar-refractivity contribution in [3.63, 3.8) is 0 Å². The number of methoxy groups -OCH3 is 2. The van der Waals surface area contributed by atoms with Gasteiger partial charge in [0.2, 0.25) is 5.91 Å². The lowest BCUT2D eigenvalue weighted by atomic mass is 10.1.